The Morgan fingerprint density at radius 2 is 1.68 bits per heavy atom. The van der Waals surface area contributed by atoms with Crippen molar-refractivity contribution in [3.63, 3.8) is 0 Å². The summed E-state index contributed by atoms with van der Waals surface area (Å²) < 4.78 is 5.38. The molecule has 1 heterocycles. The minimum absolute atomic E-state index is 0.0458. The quantitative estimate of drug-likeness (QED) is 0.412. The first-order chi connectivity index (χ1) is 13.7. The van der Waals surface area contributed by atoms with Gasteiger partial charge in [-0.3, -0.25) is 19.7 Å². The standard InChI is InChI=1S/C21H25N3O4/c25-16-24(27)10-9-22-21(26)20-7-5-19(6-8-20)18-3-1-17(2-4-18)15-23-11-13-28-14-12-23/h1-8,16,27H,9-15H2,(H,22,26). The van der Waals surface area contributed by atoms with Crippen LogP contribution in [-0.4, -0.2) is 66.9 Å². The van der Waals surface area contributed by atoms with Gasteiger partial charge < -0.3 is 10.1 Å². The van der Waals surface area contributed by atoms with Crippen molar-refractivity contribution in [1.82, 2.24) is 15.3 Å². The number of carbonyl (C=O) groups is 2. The van der Waals surface area contributed by atoms with Gasteiger partial charge in [-0.2, -0.15) is 0 Å². The molecule has 2 N–H and O–H groups in total. The van der Waals surface area contributed by atoms with Crippen molar-refractivity contribution >= 4 is 12.3 Å². The van der Waals surface area contributed by atoms with E-state index in [1.807, 2.05) is 12.1 Å². The topological polar surface area (TPSA) is 82.1 Å². The molecule has 0 radical (unpaired) electrons. The molecule has 7 heteroatoms. The highest BCUT2D eigenvalue weighted by atomic mass is 16.5. The van der Waals surface area contributed by atoms with Crippen LogP contribution in [0, 0.1) is 0 Å². The second-order valence-corrected chi connectivity index (χ2v) is 6.69. The molecular formula is C21H25N3O4. The maximum Gasteiger partial charge on any atom is 0.251 e. The number of hydrogen-bond acceptors (Lipinski definition) is 5. The van der Waals surface area contributed by atoms with E-state index in [2.05, 4.69) is 34.5 Å². The third-order valence-electron chi connectivity index (χ3n) is 4.69. The highest BCUT2D eigenvalue weighted by Gasteiger charge is 2.11. The van der Waals surface area contributed by atoms with Gasteiger partial charge in [0.25, 0.3) is 5.91 Å². The van der Waals surface area contributed by atoms with Gasteiger partial charge in [0.1, 0.15) is 0 Å². The average Bonchev–Trinajstić information content (AvgIpc) is 2.75. The van der Waals surface area contributed by atoms with Gasteiger partial charge in [0, 0.05) is 31.7 Å². The van der Waals surface area contributed by atoms with Crippen LogP contribution in [0.3, 0.4) is 0 Å². The number of rotatable bonds is 8. The fourth-order valence-corrected chi connectivity index (χ4v) is 3.07. The van der Waals surface area contributed by atoms with Crippen LogP contribution in [0.5, 0.6) is 0 Å². The molecule has 0 bridgehead atoms. The molecule has 7 nitrogen and oxygen atoms in total. The first-order valence-electron chi connectivity index (χ1n) is 9.34. The van der Waals surface area contributed by atoms with Crippen LogP contribution in [0.2, 0.25) is 0 Å². The first-order valence-corrected chi connectivity index (χ1v) is 9.34. The van der Waals surface area contributed by atoms with Gasteiger partial charge in [-0.25, -0.2) is 5.06 Å². The van der Waals surface area contributed by atoms with Crippen molar-refractivity contribution in [2.75, 3.05) is 39.4 Å². The minimum atomic E-state index is -0.244. The lowest BCUT2D eigenvalue weighted by molar-refractivity contribution is -0.149. The second kappa shape index (κ2) is 9.98. The van der Waals surface area contributed by atoms with Crippen LogP contribution in [0.1, 0.15) is 15.9 Å². The monoisotopic (exact) mass is 383 g/mol. The molecule has 1 aliphatic rings. The molecule has 0 unspecified atom stereocenters. The van der Waals surface area contributed by atoms with Gasteiger partial charge in [0.2, 0.25) is 6.41 Å². The number of amides is 2. The number of nitrogens with one attached hydrogen (secondary N) is 1. The van der Waals surface area contributed by atoms with E-state index in [0.717, 1.165) is 44.0 Å². The number of ether oxygens (including phenoxy) is 1. The van der Waals surface area contributed by atoms with E-state index in [-0.39, 0.29) is 19.0 Å². The van der Waals surface area contributed by atoms with E-state index in [1.165, 1.54) is 5.56 Å². The molecule has 0 aliphatic carbocycles. The van der Waals surface area contributed by atoms with E-state index in [1.54, 1.807) is 12.1 Å². The van der Waals surface area contributed by atoms with E-state index in [0.29, 0.717) is 17.0 Å². The van der Waals surface area contributed by atoms with E-state index in [9.17, 15) is 9.59 Å². The van der Waals surface area contributed by atoms with E-state index < -0.39 is 0 Å². The summed E-state index contributed by atoms with van der Waals surface area (Å²) in [7, 11) is 0. The van der Waals surface area contributed by atoms with Gasteiger partial charge in [-0.05, 0) is 28.8 Å². The molecule has 148 valence electrons. The molecular weight excluding hydrogens is 358 g/mol. The number of carbonyl (C=O) groups excluding carboxylic acids is 2. The lowest BCUT2D eigenvalue weighted by Gasteiger charge is -2.26. The third-order valence-corrected chi connectivity index (χ3v) is 4.69. The Balaban J connectivity index is 1.55. The zero-order chi connectivity index (χ0) is 19.8. The van der Waals surface area contributed by atoms with Gasteiger partial charge in [0.05, 0.1) is 19.8 Å². The molecule has 1 fully saturated rings. The summed E-state index contributed by atoms with van der Waals surface area (Å²) in [6.07, 6.45) is 0.299. The zero-order valence-electron chi connectivity index (χ0n) is 15.7. The summed E-state index contributed by atoms with van der Waals surface area (Å²) >= 11 is 0. The summed E-state index contributed by atoms with van der Waals surface area (Å²) in [5.41, 5.74) is 3.94. The van der Waals surface area contributed by atoms with Crippen LogP contribution in [-0.2, 0) is 16.1 Å². The molecule has 1 saturated heterocycles. The fraction of sp³-hybridized carbons (Fsp3) is 0.333. The predicted molar refractivity (Wildman–Crippen MR) is 105 cm³/mol. The summed E-state index contributed by atoms with van der Waals surface area (Å²) in [6.45, 7) is 4.69. The third kappa shape index (κ3) is 5.63. The molecule has 0 spiro atoms. The Hall–Kier alpha value is -2.74. The molecule has 28 heavy (non-hydrogen) atoms. The van der Waals surface area contributed by atoms with Gasteiger partial charge >= 0.3 is 0 Å². The van der Waals surface area contributed by atoms with Gasteiger partial charge in [0.15, 0.2) is 0 Å². The van der Waals surface area contributed by atoms with Gasteiger partial charge in [-0.15, -0.1) is 0 Å². The Morgan fingerprint density at radius 1 is 1.07 bits per heavy atom. The highest BCUT2D eigenvalue weighted by Crippen LogP contribution is 2.21. The minimum Gasteiger partial charge on any atom is -0.379 e. The maximum absolute atomic E-state index is 12.1. The molecule has 0 saturated carbocycles. The Kier molecular flexibility index (Phi) is 7.13. The van der Waals surface area contributed by atoms with Crippen LogP contribution in [0.4, 0.5) is 0 Å². The Morgan fingerprint density at radius 3 is 2.29 bits per heavy atom. The largest absolute Gasteiger partial charge is 0.379 e. The van der Waals surface area contributed by atoms with Crippen molar-refractivity contribution in [3.05, 3.63) is 59.7 Å². The SMILES string of the molecule is O=CN(O)CCNC(=O)c1ccc(-c2ccc(CN3CCOCC3)cc2)cc1. The summed E-state index contributed by atoms with van der Waals surface area (Å²) in [6, 6.07) is 15.8. The van der Waals surface area contributed by atoms with Crippen molar-refractivity contribution in [1.29, 1.82) is 0 Å². The van der Waals surface area contributed by atoms with Crippen LogP contribution < -0.4 is 5.32 Å². The molecule has 0 atom stereocenters. The van der Waals surface area contributed by atoms with E-state index in [4.69, 9.17) is 9.94 Å². The number of morpholine rings is 1. The number of hydroxylamine groups is 2. The summed E-state index contributed by atoms with van der Waals surface area (Å²) in [4.78, 5) is 24.8. The Bertz CT molecular complexity index is 771. The smallest absolute Gasteiger partial charge is 0.251 e. The zero-order valence-corrected chi connectivity index (χ0v) is 15.7. The number of hydrogen-bond donors (Lipinski definition) is 2. The maximum atomic E-state index is 12.1. The van der Waals surface area contributed by atoms with Crippen molar-refractivity contribution < 1.29 is 19.5 Å². The summed E-state index contributed by atoms with van der Waals surface area (Å²) in [5, 5.41) is 12.2. The van der Waals surface area contributed by atoms with E-state index >= 15 is 0 Å². The number of benzene rings is 2. The van der Waals surface area contributed by atoms with Crippen LogP contribution >= 0.6 is 0 Å². The summed E-state index contributed by atoms with van der Waals surface area (Å²) in [5.74, 6) is -0.244. The second-order valence-electron chi connectivity index (χ2n) is 6.69. The van der Waals surface area contributed by atoms with Crippen LogP contribution in [0.15, 0.2) is 48.5 Å². The Labute approximate surface area is 164 Å². The van der Waals surface area contributed by atoms with Crippen molar-refractivity contribution in [2.24, 2.45) is 0 Å². The first kappa shape index (κ1) is 20.0. The normalized spacial score (nSPS) is 14.5. The van der Waals surface area contributed by atoms with Crippen molar-refractivity contribution in [3.8, 4) is 11.1 Å². The molecule has 3 rings (SSSR count). The lowest BCUT2D eigenvalue weighted by Crippen LogP contribution is -2.35. The number of nitrogens with zero attached hydrogens (tertiary/aromatic N) is 2. The molecule has 2 aromatic rings. The molecule has 1 aliphatic heterocycles. The lowest BCUT2D eigenvalue weighted by atomic mass is 10.0. The molecule has 2 aromatic carbocycles. The predicted octanol–water partition coefficient (Wildman–Crippen LogP) is 1.76. The van der Waals surface area contributed by atoms with Gasteiger partial charge in [-0.1, -0.05) is 36.4 Å². The molecule has 2 amide bonds. The highest BCUT2D eigenvalue weighted by molar-refractivity contribution is 5.94. The van der Waals surface area contributed by atoms with Crippen LogP contribution in [0.25, 0.3) is 11.1 Å². The average molecular weight is 383 g/mol. The fourth-order valence-electron chi connectivity index (χ4n) is 3.07. The van der Waals surface area contributed by atoms with Crippen molar-refractivity contribution in [2.45, 2.75) is 6.54 Å². The molecule has 0 aromatic heterocycles.